The summed E-state index contributed by atoms with van der Waals surface area (Å²) in [7, 11) is 0. The third-order valence-electron chi connectivity index (χ3n) is 4.24. The zero-order valence-electron chi connectivity index (χ0n) is 11.5. The summed E-state index contributed by atoms with van der Waals surface area (Å²) in [4.78, 5) is 16.9. The molecule has 0 radical (unpaired) electrons. The first kappa shape index (κ1) is 14.3. The highest BCUT2D eigenvalue weighted by molar-refractivity contribution is 14.1. The Morgan fingerprint density at radius 1 is 1.15 bits per heavy atom. The minimum absolute atomic E-state index is 0.172. The smallest absolute Gasteiger partial charge is 0.253 e. The van der Waals surface area contributed by atoms with Gasteiger partial charge in [-0.3, -0.25) is 9.69 Å². The predicted octanol–water partition coefficient (Wildman–Crippen LogP) is 1.41. The highest BCUT2D eigenvalue weighted by atomic mass is 127. The number of carbonyl (C=O) groups excluding carboxylic acids is 1. The molecule has 0 aromatic heterocycles. The summed E-state index contributed by atoms with van der Waals surface area (Å²) in [6.07, 6.45) is 1.24. The molecular formula is C15H20IN3O. The van der Waals surface area contributed by atoms with Gasteiger partial charge in [-0.15, -0.1) is 0 Å². The van der Waals surface area contributed by atoms with Crippen molar-refractivity contribution in [1.82, 2.24) is 15.1 Å². The zero-order chi connectivity index (χ0) is 13.9. The lowest BCUT2D eigenvalue weighted by Gasteiger charge is -2.37. The van der Waals surface area contributed by atoms with E-state index in [-0.39, 0.29) is 5.91 Å². The van der Waals surface area contributed by atoms with E-state index >= 15 is 0 Å². The number of piperazine rings is 1. The molecule has 108 valence electrons. The second-order valence-corrected chi connectivity index (χ2v) is 6.73. The fraction of sp³-hybridized carbons (Fsp3) is 0.533. The van der Waals surface area contributed by atoms with E-state index in [0.717, 1.165) is 48.4 Å². The first-order chi connectivity index (χ1) is 9.74. The average molecular weight is 385 g/mol. The van der Waals surface area contributed by atoms with Gasteiger partial charge in [-0.1, -0.05) is 0 Å². The van der Waals surface area contributed by atoms with Gasteiger partial charge >= 0.3 is 0 Å². The molecule has 0 spiro atoms. The van der Waals surface area contributed by atoms with Crippen molar-refractivity contribution in [2.24, 2.45) is 0 Å². The Morgan fingerprint density at radius 2 is 1.85 bits per heavy atom. The lowest BCUT2D eigenvalue weighted by atomic mass is 10.1. The van der Waals surface area contributed by atoms with Crippen LogP contribution < -0.4 is 5.32 Å². The Kier molecular flexibility index (Phi) is 4.58. The summed E-state index contributed by atoms with van der Waals surface area (Å²) < 4.78 is 1.16. The number of hydrogen-bond donors (Lipinski definition) is 1. The third-order valence-corrected chi connectivity index (χ3v) is 4.96. The van der Waals surface area contributed by atoms with Crippen LogP contribution in [0.3, 0.4) is 0 Å². The minimum atomic E-state index is 0.172. The Bertz CT molecular complexity index is 463. The number of nitrogens with zero attached hydrogens (tertiary/aromatic N) is 2. The number of amides is 1. The molecule has 20 heavy (non-hydrogen) atoms. The van der Waals surface area contributed by atoms with Gasteiger partial charge < -0.3 is 10.2 Å². The van der Waals surface area contributed by atoms with Gasteiger partial charge in [0.2, 0.25) is 0 Å². The number of rotatable bonds is 2. The van der Waals surface area contributed by atoms with E-state index in [0.29, 0.717) is 6.04 Å². The van der Waals surface area contributed by atoms with Crippen LogP contribution in [0.4, 0.5) is 0 Å². The van der Waals surface area contributed by atoms with Crippen LogP contribution in [0.1, 0.15) is 16.8 Å². The van der Waals surface area contributed by atoms with Gasteiger partial charge in [-0.05, 0) is 59.8 Å². The molecule has 1 aromatic carbocycles. The van der Waals surface area contributed by atoms with Crippen molar-refractivity contribution in [3.05, 3.63) is 33.4 Å². The van der Waals surface area contributed by atoms with Crippen molar-refractivity contribution in [2.75, 3.05) is 39.3 Å². The number of carbonyl (C=O) groups is 1. The molecule has 2 heterocycles. The SMILES string of the molecule is O=C(c1ccc(I)cc1)N1CCN(C2CCNC2)CC1. The van der Waals surface area contributed by atoms with Gasteiger partial charge in [0.05, 0.1) is 0 Å². The first-order valence-corrected chi connectivity index (χ1v) is 8.31. The van der Waals surface area contributed by atoms with Crippen LogP contribution in [-0.4, -0.2) is 61.0 Å². The van der Waals surface area contributed by atoms with Crippen LogP contribution in [0.15, 0.2) is 24.3 Å². The Morgan fingerprint density at radius 3 is 2.45 bits per heavy atom. The molecule has 2 fully saturated rings. The molecule has 0 bridgehead atoms. The molecule has 3 rings (SSSR count). The van der Waals surface area contributed by atoms with Gasteiger partial charge in [-0.2, -0.15) is 0 Å². The molecule has 0 saturated carbocycles. The maximum absolute atomic E-state index is 12.4. The van der Waals surface area contributed by atoms with Crippen LogP contribution >= 0.6 is 22.6 Å². The molecule has 1 atom stereocenters. The molecule has 1 N–H and O–H groups in total. The van der Waals surface area contributed by atoms with Gasteiger partial charge in [-0.25, -0.2) is 0 Å². The summed E-state index contributed by atoms with van der Waals surface area (Å²) in [5, 5.41) is 3.41. The van der Waals surface area contributed by atoms with Crippen molar-refractivity contribution >= 4 is 28.5 Å². The molecule has 1 unspecified atom stereocenters. The molecule has 5 heteroatoms. The van der Waals surface area contributed by atoms with Gasteiger partial charge in [0.1, 0.15) is 0 Å². The number of benzene rings is 1. The highest BCUT2D eigenvalue weighted by Crippen LogP contribution is 2.15. The molecule has 2 saturated heterocycles. The van der Waals surface area contributed by atoms with Crippen LogP contribution in [0.25, 0.3) is 0 Å². The van der Waals surface area contributed by atoms with Crippen LogP contribution in [0, 0.1) is 3.57 Å². The van der Waals surface area contributed by atoms with Gasteiger partial charge in [0.25, 0.3) is 5.91 Å². The summed E-state index contributed by atoms with van der Waals surface area (Å²) in [5.74, 6) is 0.172. The average Bonchev–Trinajstić information content (AvgIpc) is 3.02. The largest absolute Gasteiger partial charge is 0.336 e. The summed E-state index contributed by atoms with van der Waals surface area (Å²) in [6.45, 7) is 5.94. The molecule has 1 amide bonds. The van der Waals surface area contributed by atoms with Crippen molar-refractivity contribution in [2.45, 2.75) is 12.5 Å². The second-order valence-electron chi connectivity index (χ2n) is 5.48. The van der Waals surface area contributed by atoms with Crippen molar-refractivity contribution in [1.29, 1.82) is 0 Å². The van der Waals surface area contributed by atoms with Crippen LogP contribution in [0.5, 0.6) is 0 Å². The van der Waals surface area contributed by atoms with Crippen molar-refractivity contribution < 1.29 is 4.79 Å². The van der Waals surface area contributed by atoms with E-state index in [1.807, 2.05) is 29.2 Å². The van der Waals surface area contributed by atoms with Crippen LogP contribution in [-0.2, 0) is 0 Å². The van der Waals surface area contributed by atoms with E-state index in [4.69, 9.17) is 0 Å². The number of hydrogen-bond acceptors (Lipinski definition) is 3. The standard InChI is InChI=1S/C15H20IN3O/c16-13-3-1-12(2-4-13)15(20)19-9-7-18(8-10-19)14-5-6-17-11-14/h1-4,14,17H,5-11H2. The molecule has 2 aliphatic rings. The summed E-state index contributed by atoms with van der Waals surface area (Å²) in [5.41, 5.74) is 0.807. The van der Waals surface area contributed by atoms with Gasteiger partial charge in [0.15, 0.2) is 0 Å². The lowest BCUT2D eigenvalue weighted by molar-refractivity contribution is 0.0584. The fourth-order valence-corrected chi connectivity index (χ4v) is 3.38. The maximum atomic E-state index is 12.4. The minimum Gasteiger partial charge on any atom is -0.336 e. The van der Waals surface area contributed by atoms with E-state index in [9.17, 15) is 4.79 Å². The van der Waals surface area contributed by atoms with E-state index in [1.165, 1.54) is 6.42 Å². The third kappa shape index (κ3) is 3.15. The normalized spacial score (nSPS) is 24.1. The molecular weight excluding hydrogens is 365 g/mol. The number of nitrogens with one attached hydrogen (secondary N) is 1. The fourth-order valence-electron chi connectivity index (χ4n) is 3.02. The second kappa shape index (κ2) is 6.41. The first-order valence-electron chi connectivity index (χ1n) is 7.23. The van der Waals surface area contributed by atoms with E-state index in [2.05, 4.69) is 32.8 Å². The maximum Gasteiger partial charge on any atom is 0.253 e. The molecule has 2 aliphatic heterocycles. The topological polar surface area (TPSA) is 35.6 Å². The van der Waals surface area contributed by atoms with Gasteiger partial charge in [0, 0.05) is 47.9 Å². The zero-order valence-corrected chi connectivity index (χ0v) is 13.7. The van der Waals surface area contributed by atoms with Crippen molar-refractivity contribution in [3.63, 3.8) is 0 Å². The van der Waals surface area contributed by atoms with Crippen LogP contribution in [0.2, 0.25) is 0 Å². The van der Waals surface area contributed by atoms with Crippen molar-refractivity contribution in [3.8, 4) is 0 Å². The predicted molar refractivity (Wildman–Crippen MR) is 87.9 cm³/mol. The Labute approximate surface area is 133 Å². The lowest BCUT2D eigenvalue weighted by Crippen LogP contribution is -2.52. The quantitative estimate of drug-likeness (QED) is 0.783. The van der Waals surface area contributed by atoms with E-state index in [1.54, 1.807) is 0 Å². The Balaban J connectivity index is 1.57. The monoisotopic (exact) mass is 385 g/mol. The number of halogens is 1. The highest BCUT2D eigenvalue weighted by Gasteiger charge is 2.27. The molecule has 4 nitrogen and oxygen atoms in total. The molecule has 0 aliphatic carbocycles. The summed E-state index contributed by atoms with van der Waals surface area (Å²) in [6, 6.07) is 8.52. The Hall–Kier alpha value is -0.660. The van der Waals surface area contributed by atoms with E-state index < -0.39 is 0 Å². The summed E-state index contributed by atoms with van der Waals surface area (Å²) >= 11 is 2.26. The molecule has 1 aromatic rings.